The number of rotatable bonds is 7. The molecular formula is C58H72N8O8. The predicted octanol–water partition coefficient (Wildman–Crippen LogP) is 5.87. The number of aryl methyl sites for hydroxylation is 1. The molecule has 0 saturated carbocycles. The van der Waals surface area contributed by atoms with Gasteiger partial charge in [-0.3, -0.25) is 38.9 Å². The molecule has 6 aliphatic rings. The molecule has 2 N–H and O–H groups in total. The average molecular weight is 1010 g/mol. The molecule has 7 atom stereocenters. The van der Waals surface area contributed by atoms with Crippen LogP contribution in [-0.4, -0.2) is 149 Å². The zero-order chi connectivity index (χ0) is 52.5. The number of esters is 1. The standard InChI is InChI=1S/C58H72N8O8/c1-10-64-43-19-18-39-31-41(43)45-46(50(72-9)47-40(49(45)64)16-12-25-59-47)55(4,5)34-74-52(69)42-17-13-26-66(61-42)53(70)56(6,32-37-14-11-15-38(39)30-37)60-51(68)48(36(2)3)65-28-23-57(54(65)71)22-27-63(33-57)44(67)20-21-58(62(7)8)24-29-73-35-58/h11-12,14-16,18-19,25,30-31,36,42,46,48,50,61H,10,13,17,22-24,26-29,32-35H2,1-9H3,(H,60,68)/t42-,46?,48-,50-,56?,57-,58+/m0/s1. The Bertz CT molecular complexity index is 2970. The van der Waals surface area contributed by atoms with Gasteiger partial charge in [-0.2, -0.15) is 0 Å². The lowest BCUT2D eigenvalue weighted by molar-refractivity contribution is -0.158. The number of carbonyl (C=O) groups is 5. The highest BCUT2D eigenvalue weighted by atomic mass is 16.5. The Morgan fingerprint density at radius 1 is 0.973 bits per heavy atom. The minimum absolute atomic E-state index is 0.0706. The van der Waals surface area contributed by atoms with Crippen molar-refractivity contribution in [3.8, 4) is 34.2 Å². The first kappa shape index (κ1) is 51.4. The van der Waals surface area contributed by atoms with Gasteiger partial charge in [0.1, 0.15) is 29.3 Å². The number of hydrazine groups is 1. The first-order chi connectivity index (χ1) is 35.3. The van der Waals surface area contributed by atoms with E-state index in [0.29, 0.717) is 71.5 Å². The molecule has 4 fully saturated rings. The van der Waals surface area contributed by atoms with Gasteiger partial charge in [-0.05, 0) is 112 Å². The number of hydrogen-bond donors (Lipinski definition) is 2. The highest BCUT2D eigenvalue weighted by Gasteiger charge is 2.55. The summed E-state index contributed by atoms with van der Waals surface area (Å²) in [5.74, 6) is 3.66. The van der Waals surface area contributed by atoms with Crippen LogP contribution in [0.2, 0.25) is 0 Å². The first-order valence-corrected chi connectivity index (χ1v) is 26.5. The van der Waals surface area contributed by atoms with Crippen molar-refractivity contribution in [1.82, 2.24) is 40.0 Å². The molecule has 1 spiro atoms. The topological polar surface area (TPSA) is 168 Å². The molecule has 74 heavy (non-hydrogen) atoms. The largest absolute Gasteiger partial charge is 0.464 e. The summed E-state index contributed by atoms with van der Waals surface area (Å²) < 4.78 is 20.7. The van der Waals surface area contributed by atoms with Crippen molar-refractivity contribution in [3.63, 3.8) is 0 Å². The van der Waals surface area contributed by atoms with E-state index >= 15 is 9.59 Å². The Balaban J connectivity index is 0.986. The average Bonchev–Trinajstić information content (AvgIpc) is 4.20. The third kappa shape index (κ3) is 8.76. The number of pyridine rings is 1. The molecule has 16 heteroatoms. The Morgan fingerprint density at radius 2 is 1.76 bits per heavy atom. The summed E-state index contributed by atoms with van der Waals surface area (Å²) in [6.45, 7) is 15.0. The van der Waals surface area contributed by atoms with E-state index in [-0.39, 0.29) is 43.2 Å². The molecular weight excluding hydrogens is 937 g/mol. The number of amides is 4. The summed E-state index contributed by atoms with van der Waals surface area (Å²) in [6.07, 6.45) is 4.11. The maximum absolute atomic E-state index is 15.3. The van der Waals surface area contributed by atoms with Crippen molar-refractivity contribution in [2.45, 2.75) is 122 Å². The number of cyclic esters (lactones) is 1. The third-order valence-corrected chi connectivity index (χ3v) is 17.2. The number of likely N-dealkylation sites (tertiary alicyclic amines) is 2. The molecule has 2 aromatic heterocycles. The molecule has 4 saturated heterocycles. The van der Waals surface area contributed by atoms with E-state index in [1.807, 2.05) is 51.0 Å². The van der Waals surface area contributed by atoms with Crippen LogP contribution >= 0.6 is 0 Å². The van der Waals surface area contributed by atoms with Crippen molar-refractivity contribution in [1.29, 1.82) is 0 Å². The number of hydrogen-bond acceptors (Lipinski definition) is 11. The van der Waals surface area contributed by atoms with Crippen LogP contribution in [0.4, 0.5) is 0 Å². The van der Waals surface area contributed by atoms with Gasteiger partial charge < -0.3 is 33.9 Å². The van der Waals surface area contributed by atoms with Crippen molar-refractivity contribution in [2.24, 2.45) is 16.7 Å². The maximum atomic E-state index is 15.3. The predicted molar refractivity (Wildman–Crippen MR) is 280 cm³/mol. The summed E-state index contributed by atoms with van der Waals surface area (Å²) >= 11 is 0. The number of benzene rings is 2. The van der Waals surface area contributed by atoms with E-state index in [9.17, 15) is 14.4 Å². The number of likely N-dealkylation sites (N-methyl/N-ethyl adjacent to an activating group) is 1. The summed E-state index contributed by atoms with van der Waals surface area (Å²) in [5.41, 5.74) is 7.52. The van der Waals surface area contributed by atoms with Gasteiger partial charge in [0.15, 0.2) is 0 Å². The first-order valence-electron chi connectivity index (χ1n) is 26.5. The fraction of sp³-hybridized carbons (Fsp3) is 0.552. The Morgan fingerprint density at radius 3 is 2.49 bits per heavy atom. The quantitative estimate of drug-likeness (QED) is 0.168. The lowest BCUT2D eigenvalue weighted by atomic mass is 9.67. The highest BCUT2D eigenvalue weighted by molar-refractivity contribution is 5.99. The van der Waals surface area contributed by atoms with Crippen LogP contribution in [0.3, 0.4) is 0 Å². The summed E-state index contributed by atoms with van der Waals surface area (Å²) in [6, 6.07) is 17.0. The van der Waals surface area contributed by atoms with Crippen molar-refractivity contribution in [3.05, 3.63) is 77.6 Å². The van der Waals surface area contributed by atoms with E-state index in [2.05, 4.69) is 84.3 Å². The Labute approximate surface area is 434 Å². The van der Waals surface area contributed by atoms with Crippen LogP contribution in [-0.2, 0) is 51.1 Å². The van der Waals surface area contributed by atoms with Crippen LogP contribution in [0.15, 0.2) is 60.8 Å². The lowest BCUT2D eigenvalue weighted by Gasteiger charge is -2.43. The molecule has 4 aromatic rings. The molecule has 2 unspecified atom stereocenters. The summed E-state index contributed by atoms with van der Waals surface area (Å²) in [5, 5.41) is 5.75. The van der Waals surface area contributed by atoms with Crippen LogP contribution < -0.4 is 10.7 Å². The van der Waals surface area contributed by atoms with Gasteiger partial charge in [-0.25, -0.2) is 5.43 Å². The van der Waals surface area contributed by atoms with Crippen LogP contribution in [0, 0.1) is 28.6 Å². The van der Waals surface area contributed by atoms with Crippen LogP contribution in [0.1, 0.15) is 102 Å². The molecule has 5 aliphatic heterocycles. The zero-order valence-electron chi connectivity index (χ0n) is 44.5. The smallest absolute Gasteiger partial charge is 0.324 e. The van der Waals surface area contributed by atoms with Gasteiger partial charge >= 0.3 is 5.97 Å². The minimum atomic E-state index is -1.54. The van der Waals surface area contributed by atoms with Crippen molar-refractivity contribution >= 4 is 40.5 Å². The van der Waals surface area contributed by atoms with E-state index < -0.39 is 57.9 Å². The summed E-state index contributed by atoms with van der Waals surface area (Å²) in [4.78, 5) is 83.2. The van der Waals surface area contributed by atoms with E-state index in [0.717, 1.165) is 50.1 Å². The second kappa shape index (κ2) is 19.5. The van der Waals surface area contributed by atoms with Gasteiger partial charge in [-0.15, -0.1) is 0 Å². The number of aromatic nitrogens is 2. The molecule has 4 amide bonds. The van der Waals surface area contributed by atoms with Gasteiger partial charge in [0.25, 0.3) is 11.8 Å². The van der Waals surface area contributed by atoms with Gasteiger partial charge in [-0.1, -0.05) is 63.9 Å². The highest BCUT2D eigenvalue weighted by Crippen LogP contribution is 2.57. The molecule has 1 aliphatic carbocycles. The molecule has 16 nitrogen and oxygen atoms in total. The fourth-order valence-electron chi connectivity index (χ4n) is 13.0. The van der Waals surface area contributed by atoms with Crippen LogP contribution in [0.5, 0.6) is 0 Å². The maximum Gasteiger partial charge on any atom is 0.324 e. The number of nitrogens with zero attached hydrogens (tertiary/aromatic N) is 6. The third-order valence-electron chi connectivity index (χ3n) is 17.2. The van der Waals surface area contributed by atoms with Gasteiger partial charge in [0, 0.05) is 93.3 Å². The molecule has 392 valence electrons. The number of ether oxygens (including phenoxy) is 3. The fourth-order valence-corrected chi connectivity index (χ4v) is 13.0. The number of carbonyl (C=O) groups excluding carboxylic acids is 5. The zero-order valence-corrected chi connectivity index (χ0v) is 44.5. The van der Waals surface area contributed by atoms with E-state index in [1.54, 1.807) is 30.0 Å². The Kier molecular flexibility index (Phi) is 13.6. The molecule has 0 radical (unpaired) electrons. The van der Waals surface area contributed by atoms with Crippen molar-refractivity contribution < 1.29 is 38.2 Å². The number of fused-ring (bicyclic) bond motifs is 8. The second-order valence-electron chi connectivity index (χ2n) is 23.1. The molecule has 7 heterocycles. The normalized spacial score (nSPS) is 28.1. The Hall–Kier alpha value is -6.12. The monoisotopic (exact) mass is 1010 g/mol. The van der Waals surface area contributed by atoms with Gasteiger partial charge in [0.05, 0.1) is 30.0 Å². The number of methoxy groups -OCH3 is 1. The SMILES string of the molecule is CCn1c2c3c4cc(ccc41)-c1cccc(c1)CC(C)(NC(=O)[C@H](C(C)C)N1CC[C@]4(CCN(C(=O)C#C[C@@]5(N(C)C)CCOC5)C4)C1=O)C(=O)N1CCC[C@H](N1)C(=O)OCC(C)(C)C3[C@H](OC)c1ncccc1-2. The van der Waals surface area contributed by atoms with Gasteiger partial charge in [0.2, 0.25) is 11.8 Å². The minimum Gasteiger partial charge on any atom is -0.464 e. The number of nitrogens with one attached hydrogen (secondary N) is 2. The van der Waals surface area contributed by atoms with E-state index in [1.165, 1.54) is 5.01 Å². The van der Waals surface area contributed by atoms with Crippen molar-refractivity contribution in [2.75, 3.05) is 67.2 Å². The van der Waals surface area contributed by atoms with Crippen LogP contribution in [0.25, 0.3) is 33.3 Å². The molecule has 10 rings (SSSR count). The summed E-state index contributed by atoms with van der Waals surface area (Å²) in [7, 11) is 5.59. The second-order valence-corrected chi connectivity index (χ2v) is 23.1. The molecule has 6 bridgehead atoms. The lowest BCUT2D eigenvalue weighted by Crippen LogP contribution is -2.67. The molecule has 2 aromatic carbocycles. The van der Waals surface area contributed by atoms with E-state index in [4.69, 9.17) is 19.2 Å².